The van der Waals surface area contributed by atoms with E-state index in [1.165, 1.54) is 0 Å². The molecule has 0 bridgehead atoms. The van der Waals surface area contributed by atoms with Gasteiger partial charge in [-0.15, -0.1) is 0 Å². The van der Waals surface area contributed by atoms with E-state index in [0.29, 0.717) is 16.8 Å². The quantitative estimate of drug-likeness (QED) is 0.472. The lowest BCUT2D eigenvalue weighted by Gasteiger charge is -2.08. The van der Waals surface area contributed by atoms with Crippen molar-refractivity contribution in [2.45, 2.75) is 6.92 Å². The molecule has 106 valence electrons. The smallest absolute Gasteiger partial charge is 0.195 e. The van der Waals surface area contributed by atoms with E-state index in [1.54, 1.807) is 12.3 Å². The molecule has 0 aliphatic heterocycles. The number of ketones is 1. The monoisotopic (exact) mass is 406 g/mol. The molecule has 3 N–H and O–H groups in total. The maximum atomic E-state index is 12.9. The first-order valence-corrected chi connectivity index (χ1v) is 7.93. The van der Waals surface area contributed by atoms with Gasteiger partial charge in [-0.1, -0.05) is 37.9 Å². The molecular formula is C16H12Br2N2O. The number of aromatic nitrogens is 1. The van der Waals surface area contributed by atoms with Crippen molar-refractivity contribution in [3.05, 3.63) is 62.2 Å². The lowest BCUT2D eigenvalue weighted by Crippen LogP contribution is -2.05. The second kappa shape index (κ2) is 5.31. The van der Waals surface area contributed by atoms with Crippen LogP contribution >= 0.6 is 31.9 Å². The summed E-state index contributed by atoms with van der Waals surface area (Å²) in [4.78, 5) is 16.0. The number of hydrogen-bond donors (Lipinski definition) is 2. The third-order valence-electron chi connectivity index (χ3n) is 3.56. The Labute approximate surface area is 138 Å². The van der Waals surface area contributed by atoms with Gasteiger partial charge in [-0.25, -0.2) is 0 Å². The summed E-state index contributed by atoms with van der Waals surface area (Å²) in [6, 6.07) is 9.41. The van der Waals surface area contributed by atoms with Crippen LogP contribution in [0.5, 0.6) is 0 Å². The standard InChI is InChI=1S/C16H12Br2N2O/c1-8-10(5-9(17)6-13(8)19)16(21)11-7-20-14-4-2-3-12(18)15(11)14/h2-7,20H,19H2,1H3. The molecule has 0 unspecified atom stereocenters. The minimum atomic E-state index is -0.0429. The molecule has 21 heavy (non-hydrogen) atoms. The maximum absolute atomic E-state index is 12.9. The molecule has 0 atom stereocenters. The largest absolute Gasteiger partial charge is 0.398 e. The van der Waals surface area contributed by atoms with Crippen LogP contribution < -0.4 is 5.73 Å². The fraction of sp³-hybridized carbons (Fsp3) is 0.0625. The van der Waals surface area contributed by atoms with E-state index in [4.69, 9.17) is 5.73 Å². The van der Waals surface area contributed by atoms with E-state index in [1.807, 2.05) is 31.2 Å². The van der Waals surface area contributed by atoms with Gasteiger partial charge in [0.1, 0.15) is 0 Å². The highest BCUT2D eigenvalue weighted by atomic mass is 79.9. The number of halogens is 2. The van der Waals surface area contributed by atoms with Gasteiger partial charge in [0.15, 0.2) is 5.78 Å². The molecule has 0 aliphatic rings. The van der Waals surface area contributed by atoms with Gasteiger partial charge in [0.2, 0.25) is 0 Å². The molecule has 1 aromatic heterocycles. The molecule has 2 aromatic carbocycles. The number of rotatable bonds is 2. The van der Waals surface area contributed by atoms with Crippen molar-refractivity contribution in [2.24, 2.45) is 0 Å². The number of H-pyrrole nitrogens is 1. The molecule has 3 rings (SSSR count). The Morgan fingerprint density at radius 1 is 1.19 bits per heavy atom. The van der Waals surface area contributed by atoms with Crippen LogP contribution in [0.25, 0.3) is 10.9 Å². The summed E-state index contributed by atoms with van der Waals surface area (Å²) in [6.45, 7) is 1.86. The van der Waals surface area contributed by atoms with Gasteiger partial charge in [0.25, 0.3) is 0 Å². The molecule has 0 fully saturated rings. The topological polar surface area (TPSA) is 58.9 Å². The first-order valence-electron chi connectivity index (χ1n) is 6.35. The Balaban J connectivity index is 2.22. The highest BCUT2D eigenvalue weighted by Gasteiger charge is 2.19. The van der Waals surface area contributed by atoms with Crippen molar-refractivity contribution in [3.8, 4) is 0 Å². The second-order valence-corrected chi connectivity index (χ2v) is 6.63. The summed E-state index contributed by atoms with van der Waals surface area (Å²) in [5.74, 6) is -0.0429. The van der Waals surface area contributed by atoms with E-state index in [-0.39, 0.29) is 5.78 Å². The Bertz CT molecular complexity index is 868. The van der Waals surface area contributed by atoms with Crippen molar-refractivity contribution >= 4 is 54.2 Å². The third-order valence-corrected chi connectivity index (χ3v) is 4.68. The number of fused-ring (bicyclic) bond motifs is 1. The summed E-state index contributed by atoms with van der Waals surface area (Å²) in [6.07, 6.45) is 1.74. The normalized spacial score (nSPS) is 11.0. The molecule has 0 saturated heterocycles. The van der Waals surface area contributed by atoms with Crippen LogP contribution in [0.2, 0.25) is 0 Å². The predicted octanol–water partition coefficient (Wildman–Crippen LogP) is 4.81. The van der Waals surface area contributed by atoms with Crippen molar-refractivity contribution < 1.29 is 4.79 Å². The summed E-state index contributed by atoms with van der Waals surface area (Å²) in [5.41, 5.74) is 9.53. The number of carbonyl (C=O) groups excluding carboxylic acids is 1. The zero-order valence-electron chi connectivity index (χ0n) is 11.2. The number of aromatic amines is 1. The second-order valence-electron chi connectivity index (χ2n) is 4.86. The van der Waals surface area contributed by atoms with Gasteiger partial charge in [-0.2, -0.15) is 0 Å². The fourth-order valence-electron chi connectivity index (χ4n) is 2.40. The van der Waals surface area contributed by atoms with Gasteiger partial charge in [0.05, 0.1) is 0 Å². The Kier molecular flexibility index (Phi) is 3.63. The highest BCUT2D eigenvalue weighted by Crippen LogP contribution is 2.31. The van der Waals surface area contributed by atoms with E-state index < -0.39 is 0 Å². The first-order chi connectivity index (χ1) is 9.99. The zero-order valence-corrected chi connectivity index (χ0v) is 14.4. The molecule has 3 nitrogen and oxygen atoms in total. The Morgan fingerprint density at radius 2 is 1.95 bits per heavy atom. The van der Waals surface area contributed by atoms with Crippen LogP contribution in [0.15, 0.2) is 45.5 Å². The van der Waals surface area contributed by atoms with Gasteiger partial charge in [0, 0.05) is 42.9 Å². The summed E-state index contributed by atoms with van der Waals surface area (Å²) < 4.78 is 1.69. The number of nitrogens with one attached hydrogen (secondary N) is 1. The molecule has 0 spiro atoms. The molecule has 0 aliphatic carbocycles. The number of benzene rings is 2. The van der Waals surface area contributed by atoms with Gasteiger partial charge >= 0.3 is 0 Å². The van der Waals surface area contributed by atoms with Crippen molar-refractivity contribution in [2.75, 3.05) is 5.73 Å². The summed E-state index contributed by atoms with van der Waals surface area (Å²) >= 11 is 6.90. The SMILES string of the molecule is Cc1c(N)cc(Br)cc1C(=O)c1c[nH]c2cccc(Br)c12. The zero-order chi connectivity index (χ0) is 15.1. The Hall–Kier alpha value is -1.59. The van der Waals surface area contributed by atoms with Crippen LogP contribution in [0, 0.1) is 6.92 Å². The van der Waals surface area contributed by atoms with Crippen molar-refractivity contribution in [1.82, 2.24) is 4.98 Å². The lowest BCUT2D eigenvalue weighted by molar-refractivity contribution is 0.103. The highest BCUT2D eigenvalue weighted by molar-refractivity contribution is 9.11. The van der Waals surface area contributed by atoms with Gasteiger partial charge in [-0.3, -0.25) is 4.79 Å². The number of nitrogen functional groups attached to an aromatic ring is 1. The average Bonchev–Trinajstić information content (AvgIpc) is 2.87. The van der Waals surface area contributed by atoms with Crippen molar-refractivity contribution in [3.63, 3.8) is 0 Å². The minimum absolute atomic E-state index is 0.0429. The van der Waals surface area contributed by atoms with E-state index >= 15 is 0 Å². The summed E-state index contributed by atoms with van der Waals surface area (Å²) in [7, 11) is 0. The van der Waals surface area contributed by atoms with Crippen LogP contribution in [0.3, 0.4) is 0 Å². The van der Waals surface area contributed by atoms with Crippen LogP contribution in [0.1, 0.15) is 21.5 Å². The minimum Gasteiger partial charge on any atom is -0.398 e. The summed E-state index contributed by atoms with van der Waals surface area (Å²) in [5, 5.41) is 0.889. The fourth-order valence-corrected chi connectivity index (χ4v) is 3.46. The van der Waals surface area contributed by atoms with E-state index in [0.717, 1.165) is 25.4 Å². The Morgan fingerprint density at radius 3 is 2.71 bits per heavy atom. The molecule has 0 amide bonds. The molecule has 3 aromatic rings. The maximum Gasteiger partial charge on any atom is 0.195 e. The van der Waals surface area contributed by atoms with Crippen LogP contribution in [0.4, 0.5) is 5.69 Å². The van der Waals surface area contributed by atoms with Gasteiger partial charge < -0.3 is 10.7 Å². The lowest BCUT2D eigenvalue weighted by atomic mass is 9.98. The molecule has 0 radical (unpaired) electrons. The average molecular weight is 408 g/mol. The molecule has 0 saturated carbocycles. The van der Waals surface area contributed by atoms with Gasteiger partial charge in [-0.05, 0) is 36.8 Å². The number of anilines is 1. The number of carbonyl (C=O) groups is 1. The van der Waals surface area contributed by atoms with Crippen LogP contribution in [-0.4, -0.2) is 10.8 Å². The van der Waals surface area contributed by atoms with Crippen LogP contribution in [-0.2, 0) is 0 Å². The van der Waals surface area contributed by atoms with Crippen molar-refractivity contribution in [1.29, 1.82) is 0 Å². The number of hydrogen-bond acceptors (Lipinski definition) is 2. The molecular weight excluding hydrogens is 396 g/mol. The predicted molar refractivity (Wildman–Crippen MR) is 92.7 cm³/mol. The third kappa shape index (κ3) is 2.40. The molecule has 1 heterocycles. The van der Waals surface area contributed by atoms with E-state index in [9.17, 15) is 4.79 Å². The van der Waals surface area contributed by atoms with E-state index in [2.05, 4.69) is 36.8 Å². The number of nitrogens with two attached hydrogens (primary N) is 1. The first kappa shape index (κ1) is 14.4. The molecule has 5 heteroatoms.